The van der Waals surface area contributed by atoms with Crippen LogP contribution < -0.4 is 5.32 Å². The number of likely N-dealkylation sites (tertiary alicyclic amines) is 1. The molecule has 7 nitrogen and oxygen atoms in total. The highest BCUT2D eigenvalue weighted by molar-refractivity contribution is 5.74. The van der Waals surface area contributed by atoms with Crippen LogP contribution in [0.1, 0.15) is 30.3 Å². The average Bonchev–Trinajstić information content (AvgIpc) is 3.32. The second-order valence-corrected chi connectivity index (χ2v) is 6.55. The number of fused-ring (bicyclic) bond motifs is 1. The predicted octanol–water partition coefficient (Wildman–Crippen LogP) is 1.84. The smallest absolute Gasteiger partial charge is 0.317 e. The second-order valence-electron chi connectivity index (χ2n) is 6.55. The molecule has 1 N–H and O–H groups in total. The van der Waals surface area contributed by atoms with Crippen molar-refractivity contribution in [2.75, 3.05) is 26.2 Å². The Balaban J connectivity index is 1.40. The molecule has 0 radical (unpaired) electrons. The van der Waals surface area contributed by atoms with Crippen molar-refractivity contribution in [1.82, 2.24) is 24.9 Å². The Morgan fingerprint density at radius 2 is 2.21 bits per heavy atom. The monoisotopic (exact) mass is 329 g/mol. The molecule has 128 valence electrons. The molecule has 0 saturated carbocycles. The molecule has 2 aromatic heterocycles. The van der Waals surface area contributed by atoms with Crippen molar-refractivity contribution in [3.63, 3.8) is 0 Å². The van der Waals surface area contributed by atoms with Gasteiger partial charge in [0, 0.05) is 38.9 Å². The first-order valence-corrected chi connectivity index (χ1v) is 8.59. The fourth-order valence-corrected chi connectivity index (χ4v) is 3.60. The first-order chi connectivity index (χ1) is 11.8. The molecule has 1 atom stereocenters. The third-order valence-electron chi connectivity index (χ3n) is 4.79. The van der Waals surface area contributed by atoms with Crippen molar-refractivity contribution in [2.45, 2.75) is 32.0 Å². The van der Waals surface area contributed by atoms with Gasteiger partial charge in [0.2, 0.25) is 0 Å². The van der Waals surface area contributed by atoms with Crippen LogP contribution in [0, 0.1) is 0 Å². The molecule has 0 bridgehead atoms. The molecule has 4 rings (SSSR count). The van der Waals surface area contributed by atoms with Crippen molar-refractivity contribution >= 4 is 6.03 Å². The van der Waals surface area contributed by atoms with Crippen molar-refractivity contribution in [3.8, 4) is 0 Å². The van der Waals surface area contributed by atoms with E-state index in [1.165, 1.54) is 5.69 Å². The minimum absolute atomic E-state index is 0.0457. The molecular weight excluding hydrogens is 306 g/mol. The molecule has 4 heterocycles. The molecule has 24 heavy (non-hydrogen) atoms. The minimum Gasteiger partial charge on any atom is -0.468 e. The van der Waals surface area contributed by atoms with Crippen LogP contribution >= 0.6 is 0 Å². The van der Waals surface area contributed by atoms with E-state index in [0.29, 0.717) is 6.54 Å². The van der Waals surface area contributed by atoms with Crippen LogP contribution in [0.15, 0.2) is 35.1 Å². The molecular formula is C17H23N5O2. The van der Waals surface area contributed by atoms with Crippen LogP contribution in [0.3, 0.4) is 0 Å². The Kier molecular flexibility index (Phi) is 4.25. The lowest BCUT2D eigenvalue weighted by molar-refractivity contribution is 0.152. The maximum Gasteiger partial charge on any atom is 0.317 e. The summed E-state index contributed by atoms with van der Waals surface area (Å²) in [4.78, 5) is 16.5. The van der Waals surface area contributed by atoms with Crippen molar-refractivity contribution in [2.24, 2.45) is 0 Å². The number of carbonyl (C=O) groups excluding carboxylic acids is 1. The molecule has 0 aliphatic carbocycles. The zero-order valence-electron chi connectivity index (χ0n) is 13.7. The van der Waals surface area contributed by atoms with Gasteiger partial charge < -0.3 is 14.6 Å². The number of aromatic nitrogens is 2. The number of rotatable bonds is 4. The SMILES string of the molecule is O=C(NC[C@H]1CN(Cc2ccco2)Cc2ccnn21)N1CCCC1. The fraction of sp³-hybridized carbons (Fsp3) is 0.529. The predicted molar refractivity (Wildman–Crippen MR) is 88.3 cm³/mol. The zero-order valence-corrected chi connectivity index (χ0v) is 13.7. The Hall–Kier alpha value is -2.28. The zero-order chi connectivity index (χ0) is 16.4. The molecule has 0 aromatic carbocycles. The van der Waals surface area contributed by atoms with Crippen LogP contribution in [0.2, 0.25) is 0 Å². The molecule has 1 saturated heterocycles. The van der Waals surface area contributed by atoms with Crippen LogP contribution in [-0.2, 0) is 13.1 Å². The highest BCUT2D eigenvalue weighted by Crippen LogP contribution is 2.22. The number of nitrogens with zero attached hydrogens (tertiary/aromatic N) is 4. The highest BCUT2D eigenvalue weighted by Gasteiger charge is 2.27. The van der Waals surface area contributed by atoms with Gasteiger partial charge >= 0.3 is 6.03 Å². The second kappa shape index (κ2) is 6.68. The van der Waals surface area contributed by atoms with E-state index in [9.17, 15) is 4.79 Å². The summed E-state index contributed by atoms with van der Waals surface area (Å²) in [5.41, 5.74) is 1.17. The third kappa shape index (κ3) is 3.17. The van der Waals surface area contributed by atoms with E-state index in [-0.39, 0.29) is 12.1 Å². The quantitative estimate of drug-likeness (QED) is 0.929. The van der Waals surface area contributed by atoms with Gasteiger partial charge in [-0.25, -0.2) is 4.79 Å². The molecule has 2 amide bonds. The largest absolute Gasteiger partial charge is 0.468 e. The van der Waals surface area contributed by atoms with Gasteiger partial charge in [-0.2, -0.15) is 5.10 Å². The molecule has 2 aromatic rings. The summed E-state index contributed by atoms with van der Waals surface area (Å²) in [5, 5.41) is 7.53. The van der Waals surface area contributed by atoms with Crippen LogP contribution in [0.25, 0.3) is 0 Å². The van der Waals surface area contributed by atoms with Crippen molar-refractivity contribution in [1.29, 1.82) is 0 Å². The normalized spacial score (nSPS) is 21.0. The molecule has 0 unspecified atom stereocenters. The van der Waals surface area contributed by atoms with Gasteiger partial charge in [-0.1, -0.05) is 0 Å². The summed E-state index contributed by atoms with van der Waals surface area (Å²) in [7, 11) is 0. The van der Waals surface area contributed by atoms with E-state index in [2.05, 4.69) is 15.3 Å². The Morgan fingerprint density at radius 1 is 1.33 bits per heavy atom. The summed E-state index contributed by atoms with van der Waals surface area (Å²) in [6.07, 6.45) is 5.76. The van der Waals surface area contributed by atoms with Gasteiger partial charge in [0.25, 0.3) is 0 Å². The summed E-state index contributed by atoms with van der Waals surface area (Å²) >= 11 is 0. The number of furan rings is 1. The number of hydrogen-bond donors (Lipinski definition) is 1. The number of nitrogens with one attached hydrogen (secondary N) is 1. The van der Waals surface area contributed by atoms with Crippen molar-refractivity contribution < 1.29 is 9.21 Å². The number of urea groups is 1. The van der Waals surface area contributed by atoms with Crippen LogP contribution in [0.4, 0.5) is 4.79 Å². The maximum atomic E-state index is 12.2. The fourth-order valence-electron chi connectivity index (χ4n) is 3.60. The molecule has 7 heteroatoms. The molecule has 2 aliphatic rings. The van der Waals surface area contributed by atoms with Gasteiger partial charge in [0.05, 0.1) is 24.5 Å². The number of hydrogen-bond acceptors (Lipinski definition) is 4. The lowest BCUT2D eigenvalue weighted by atomic mass is 10.2. The highest BCUT2D eigenvalue weighted by atomic mass is 16.3. The van der Waals surface area contributed by atoms with Gasteiger partial charge in [-0.15, -0.1) is 0 Å². The first-order valence-electron chi connectivity index (χ1n) is 8.59. The molecule has 0 spiro atoms. The van der Waals surface area contributed by atoms with E-state index >= 15 is 0 Å². The summed E-state index contributed by atoms with van der Waals surface area (Å²) in [6.45, 7) is 4.79. The number of amides is 2. The van der Waals surface area contributed by atoms with Crippen LogP contribution in [-0.4, -0.2) is 51.8 Å². The Morgan fingerprint density at radius 3 is 3.00 bits per heavy atom. The topological polar surface area (TPSA) is 66.5 Å². The van der Waals surface area contributed by atoms with E-state index in [4.69, 9.17) is 4.42 Å². The van der Waals surface area contributed by atoms with E-state index in [1.54, 1.807) is 6.26 Å². The van der Waals surface area contributed by atoms with Gasteiger partial charge in [0.1, 0.15) is 5.76 Å². The Labute approximate surface area is 141 Å². The van der Waals surface area contributed by atoms with Gasteiger partial charge in [0.15, 0.2) is 0 Å². The minimum atomic E-state index is 0.0457. The third-order valence-corrected chi connectivity index (χ3v) is 4.79. The average molecular weight is 329 g/mol. The van der Waals surface area contributed by atoms with E-state index in [0.717, 1.165) is 51.3 Å². The Bertz CT molecular complexity index is 675. The number of carbonyl (C=O) groups is 1. The summed E-state index contributed by atoms with van der Waals surface area (Å²) in [5.74, 6) is 0.961. The lowest BCUT2D eigenvalue weighted by Crippen LogP contribution is -2.45. The van der Waals surface area contributed by atoms with Gasteiger partial charge in [-0.05, 0) is 31.0 Å². The molecule has 1 fully saturated rings. The summed E-state index contributed by atoms with van der Waals surface area (Å²) in [6, 6.07) is 6.14. The standard InChI is InChI=1S/C17H23N5O2/c23-17(21-7-1-2-8-21)18-10-15-12-20(13-16-4-3-9-24-16)11-14-5-6-19-22(14)15/h3-6,9,15H,1-2,7-8,10-13H2,(H,18,23)/t15-/m0/s1. The van der Waals surface area contributed by atoms with E-state index < -0.39 is 0 Å². The summed E-state index contributed by atoms with van der Waals surface area (Å²) < 4.78 is 7.51. The van der Waals surface area contributed by atoms with E-state index in [1.807, 2.05) is 34.0 Å². The van der Waals surface area contributed by atoms with Crippen LogP contribution in [0.5, 0.6) is 0 Å². The maximum absolute atomic E-state index is 12.2. The first kappa shape index (κ1) is 15.3. The van der Waals surface area contributed by atoms with Crippen molar-refractivity contribution in [3.05, 3.63) is 42.1 Å². The van der Waals surface area contributed by atoms with Gasteiger partial charge in [-0.3, -0.25) is 9.58 Å². The molecule has 2 aliphatic heterocycles. The lowest BCUT2D eigenvalue weighted by Gasteiger charge is -2.33.